The molecule has 0 N–H and O–H groups in total. The van der Waals surface area contributed by atoms with E-state index in [1.54, 1.807) is 44.6 Å². The summed E-state index contributed by atoms with van der Waals surface area (Å²) in [5.41, 5.74) is 1.57. The monoisotopic (exact) mass is 381 g/mol. The third-order valence-corrected chi connectivity index (χ3v) is 4.34. The minimum atomic E-state index is -0.0723. The van der Waals surface area contributed by atoms with Gasteiger partial charge in [0, 0.05) is 5.69 Å². The minimum Gasteiger partial charge on any atom is -0.493 e. The molecule has 0 radical (unpaired) electrons. The molecule has 146 valence electrons. The Morgan fingerprint density at radius 1 is 0.929 bits per heavy atom. The fraction of sp³-hybridized carbons (Fsp3) is 0.227. The fourth-order valence-corrected chi connectivity index (χ4v) is 3.00. The molecule has 3 rings (SSSR count). The second kappa shape index (κ2) is 8.99. The molecule has 0 aliphatic heterocycles. The molecule has 0 saturated heterocycles. The van der Waals surface area contributed by atoms with Gasteiger partial charge in [0.05, 0.1) is 40.6 Å². The van der Waals surface area contributed by atoms with Crippen LogP contribution in [0.2, 0.25) is 0 Å². The first-order valence-corrected chi connectivity index (χ1v) is 8.83. The van der Waals surface area contributed by atoms with E-state index in [4.69, 9.17) is 18.6 Å². The molecule has 2 aromatic carbocycles. The van der Waals surface area contributed by atoms with Gasteiger partial charge in [0.25, 0.3) is 0 Å². The molecule has 0 atom stereocenters. The SMILES string of the molecule is COc1cc(CC(=O)N(Cc2ccco2)c2ccccc2)cc(OC)c1OC. The van der Waals surface area contributed by atoms with Gasteiger partial charge in [-0.05, 0) is 42.0 Å². The summed E-state index contributed by atoms with van der Waals surface area (Å²) in [5.74, 6) is 2.17. The lowest BCUT2D eigenvalue weighted by atomic mass is 10.1. The summed E-state index contributed by atoms with van der Waals surface area (Å²) in [7, 11) is 4.65. The highest BCUT2D eigenvalue weighted by Crippen LogP contribution is 2.38. The zero-order valence-electron chi connectivity index (χ0n) is 16.2. The van der Waals surface area contributed by atoms with Crippen molar-refractivity contribution < 1.29 is 23.4 Å². The van der Waals surface area contributed by atoms with Crippen molar-refractivity contribution in [2.75, 3.05) is 26.2 Å². The van der Waals surface area contributed by atoms with Crippen LogP contribution >= 0.6 is 0 Å². The van der Waals surface area contributed by atoms with E-state index in [9.17, 15) is 4.79 Å². The molecule has 0 unspecified atom stereocenters. The molecule has 0 spiro atoms. The normalized spacial score (nSPS) is 10.4. The molecule has 1 amide bonds. The van der Waals surface area contributed by atoms with Gasteiger partial charge in [0.2, 0.25) is 11.7 Å². The number of hydrogen-bond donors (Lipinski definition) is 0. The standard InChI is InChI=1S/C22H23NO5/c1-25-19-12-16(13-20(26-2)22(19)27-3)14-21(24)23(15-18-10-7-11-28-18)17-8-5-4-6-9-17/h4-13H,14-15H2,1-3H3. The molecule has 1 heterocycles. The van der Waals surface area contributed by atoms with E-state index in [0.29, 0.717) is 29.6 Å². The maximum absolute atomic E-state index is 13.2. The van der Waals surface area contributed by atoms with Crippen LogP contribution < -0.4 is 19.1 Å². The van der Waals surface area contributed by atoms with Gasteiger partial charge in [-0.1, -0.05) is 18.2 Å². The van der Waals surface area contributed by atoms with Gasteiger partial charge in [-0.15, -0.1) is 0 Å². The number of ether oxygens (including phenoxy) is 3. The van der Waals surface area contributed by atoms with Gasteiger partial charge < -0.3 is 23.5 Å². The first kappa shape index (κ1) is 19.4. The number of carbonyl (C=O) groups excluding carboxylic acids is 1. The van der Waals surface area contributed by atoms with Crippen LogP contribution in [0, 0.1) is 0 Å². The number of carbonyl (C=O) groups is 1. The van der Waals surface area contributed by atoms with E-state index in [2.05, 4.69) is 0 Å². The number of nitrogens with zero attached hydrogens (tertiary/aromatic N) is 1. The Morgan fingerprint density at radius 3 is 2.14 bits per heavy atom. The summed E-state index contributed by atoms with van der Waals surface area (Å²) in [6, 6.07) is 16.7. The predicted octanol–water partition coefficient (Wildman–Crippen LogP) is 4.08. The van der Waals surface area contributed by atoms with Crippen molar-refractivity contribution in [3.05, 3.63) is 72.2 Å². The van der Waals surface area contributed by atoms with Crippen LogP contribution in [0.25, 0.3) is 0 Å². The molecule has 0 fully saturated rings. The topological polar surface area (TPSA) is 61.1 Å². The molecule has 0 aliphatic rings. The second-order valence-corrected chi connectivity index (χ2v) is 6.11. The van der Waals surface area contributed by atoms with Crippen LogP contribution in [-0.4, -0.2) is 27.2 Å². The van der Waals surface area contributed by atoms with Gasteiger partial charge in [0.15, 0.2) is 11.5 Å². The van der Waals surface area contributed by atoms with E-state index in [-0.39, 0.29) is 12.3 Å². The van der Waals surface area contributed by atoms with E-state index in [1.807, 2.05) is 42.5 Å². The molecular formula is C22H23NO5. The van der Waals surface area contributed by atoms with Gasteiger partial charge in [-0.25, -0.2) is 0 Å². The van der Waals surface area contributed by atoms with Gasteiger partial charge in [-0.2, -0.15) is 0 Å². The summed E-state index contributed by atoms with van der Waals surface area (Å²) in [6.07, 6.45) is 1.77. The first-order chi connectivity index (χ1) is 13.7. The van der Waals surface area contributed by atoms with Gasteiger partial charge >= 0.3 is 0 Å². The van der Waals surface area contributed by atoms with E-state index in [1.165, 1.54) is 0 Å². The average molecular weight is 381 g/mol. The van der Waals surface area contributed by atoms with Crippen LogP contribution in [0.1, 0.15) is 11.3 Å². The zero-order chi connectivity index (χ0) is 19.9. The molecule has 0 aliphatic carbocycles. The number of methoxy groups -OCH3 is 3. The van der Waals surface area contributed by atoms with Crippen molar-refractivity contribution in [3.8, 4) is 17.2 Å². The molecular weight excluding hydrogens is 358 g/mol. The largest absolute Gasteiger partial charge is 0.493 e. The second-order valence-electron chi connectivity index (χ2n) is 6.11. The lowest BCUT2D eigenvalue weighted by molar-refractivity contribution is -0.118. The average Bonchev–Trinajstić information content (AvgIpc) is 3.25. The molecule has 0 saturated carbocycles. The Labute approximate surface area is 164 Å². The molecule has 28 heavy (non-hydrogen) atoms. The maximum Gasteiger partial charge on any atom is 0.231 e. The summed E-state index contributed by atoms with van der Waals surface area (Å²) < 4.78 is 21.6. The number of benzene rings is 2. The highest BCUT2D eigenvalue weighted by Gasteiger charge is 2.20. The molecule has 1 aromatic heterocycles. The van der Waals surface area contributed by atoms with Crippen molar-refractivity contribution in [1.29, 1.82) is 0 Å². The number of anilines is 1. The number of amides is 1. The van der Waals surface area contributed by atoms with Gasteiger partial charge in [0.1, 0.15) is 5.76 Å². The lowest BCUT2D eigenvalue weighted by Crippen LogP contribution is -2.31. The number of hydrogen-bond acceptors (Lipinski definition) is 5. The van der Waals surface area contributed by atoms with Crippen LogP contribution in [0.3, 0.4) is 0 Å². The Hall–Kier alpha value is -3.41. The third kappa shape index (κ3) is 4.28. The quantitative estimate of drug-likeness (QED) is 0.588. The Kier molecular flexibility index (Phi) is 6.22. The number of para-hydroxylation sites is 1. The van der Waals surface area contributed by atoms with Crippen molar-refractivity contribution in [2.24, 2.45) is 0 Å². The Morgan fingerprint density at radius 2 is 1.61 bits per heavy atom. The highest BCUT2D eigenvalue weighted by atomic mass is 16.5. The zero-order valence-corrected chi connectivity index (χ0v) is 16.2. The first-order valence-electron chi connectivity index (χ1n) is 8.83. The van der Waals surface area contributed by atoms with Crippen molar-refractivity contribution in [2.45, 2.75) is 13.0 Å². The lowest BCUT2D eigenvalue weighted by Gasteiger charge is -2.22. The Bertz CT molecular complexity index is 881. The van der Waals surface area contributed by atoms with Crippen LogP contribution in [0.15, 0.2) is 65.3 Å². The van der Waals surface area contributed by atoms with Crippen LogP contribution in [0.4, 0.5) is 5.69 Å². The van der Waals surface area contributed by atoms with E-state index >= 15 is 0 Å². The summed E-state index contributed by atoms with van der Waals surface area (Å²) in [6.45, 7) is 0.347. The number of furan rings is 1. The molecule has 0 bridgehead atoms. The summed E-state index contributed by atoms with van der Waals surface area (Å²) >= 11 is 0. The van der Waals surface area contributed by atoms with E-state index < -0.39 is 0 Å². The number of rotatable bonds is 8. The fourth-order valence-electron chi connectivity index (χ4n) is 3.00. The molecule has 6 nitrogen and oxygen atoms in total. The minimum absolute atomic E-state index is 0.0723. The van der Waals surface area contributed by atoms with Gasteiger partial charge in [-0.3, -0.25) is 4.79 Å². The van der Waals surface area contributed by atoms with Crippen molar-refractivity contribution in [1.82, 2.24) is 0 Å². The third-order valence-electron chi connectivity index (χ3n) is 4.34. The van der Waals surface area contributed by atoms with Crippen molar-refractivity contribution >= 4 is 11.6 Å². The predicted molar refractivity (Wildman–Crippen MR) is 106 cm³/mol. The highest BCUT2D eigenvalue weighted by molar-refractivity contribution is 5.94. The van der Waals surface area contributed by atoms with E-state index in [0.717, 1.165) is 11.3 Å². The van der Waals surface area contributed by atoms with Crippen LogP contribution in [-0.2, 0) is 17.8 Å². The molecule has 6 heteroatoms. The Balaban J connectivity index is 1.89. The molecule has 3 aromatic rings. The summed E-state index contributed by atoms with van der Waals surface area (Å²) in [4.78, 5) is 14.9. The van der Waals surface area contributed by atoms with Crippen molar-refractivity contribution in [3.63, 3.8) is 0 Å². The maximum atomic E-state index is 13.2. The smallest absolute Gasteiger partial charge is 0.231 e. The van der Waals surface area contributed by atoms with Crippen LogP contribution in [0.5, 0.6) is 17.2 Å². The summed E-state index contributed by atoms with van der Waals surface area (Å²) in [5, 5.41) is 0.